The van der Waals surface area contributed by atoms with Crippen LogP contribution in [0.1, 0.15) is 51.4 Å². The van der Waals surface area contributed by atoms with E-state index in [1.54, 1.807) is 0 Å². The zero-order chi connectivity index (χ0) is 11.7. The lowest BCUT2D eigenvalue weighted by Gasteiger charge is -2.48. The first-order chi connectivity index (χ1) is 8.26. The van der Waals surface area contributed by atoms with Crippen LogP contribution >= 0.6 is 0 Å². The van der Waals surface area contributed by atoms with Crippen molar-refractivity contribution >= 4 is 0 Å². The molecular formula is C14H25NO2. The molecule has 2 bridgehead atoms. The average Bonchev–Trinajstić information content (AvgIpc) is 2.57. The smallest absolute Gasteiger partial charge is 0.0707 e. The molecular weight excluding hydrogens is 214 g/mol. The second-order valence-electron chi connectivity index (χ2n) is 6.30. The van der Waals surface area contributed by atoms with Crippen LogP contribution in [0.5, 0.6) is 0 Å². The van der Waals surface area contributed by atoms with E-state index in [-0.39, 0.29) is 0 Å². The first-order valence-electron chi connectivity index (χ1n) is 7.32. The molecule has 0 aromatic carbocycles. The maximum atomic E-state index is 11.0. The molecule has 0 radical (unpaired) electrons. The van der Waals surface area contributed by atoms with Crippen molar-refractivity contribution in [1.29, 1.82) is 0 Å². The molecule has 1 saturated carbocycles. The summed E-state index contributed by atoms with van der Waals surface area (Å²) < 4.78 is 5.57. The summed E-state index contributed by atoms with van der Waals surface area (Å²) in [4.78, 5) is 0. The second kappa shape index (κ2) is 4.87. The van der Waals surface area contributed by atoms with Crippen molar-refractivity contribution in [1.82, 2.24) is 5.32 Å². The molecule has 2 unspecified atom stereocenters. The Hall–Kier alpha value is -0.120. The first-order valence-corrected chi connectivity index (χ1v) is 7.32. The Labute approximate surface area is 104 Å². The molecule has 2 N–H and O–H groups in total. The van der Waals surface area contributed by atoms with Crippen LogP contribution in [0.4, 0.5) is 0 Å². The van der Waals surface area contributed by atoms with Crippen molar-refractivity contribution in [2.24, 2.45) is 5.92 Å². The van der Waals surface area contributed by atoms with E-state index in [4.69, 9.17) is 4.74 Å². The van der Waals surface area contributed by atoms with Gasteiger partial charge in [-0.2, -0.15) is 0 Å². The highest BCUT2D eigenvalue weighted by Crippen LogP contribution is 2.40. The normalized spacial score (nSPS) is 44.3. The van der Waals surface area contributed by atoms with Gasteiger partial charge < -0.3 is 15.2 Å². The second-order valence-corrected chi connectivity index (χ2v) is 6.30. The van der Waals surface area contributed by atoms with Gasteiger partial charge in [0.15, 0.2) is 0 Å². The minimum Gasteiger partial charge on any atom is -0.389 e. The highest BCUT2D eigenvalue weighted by atomic mass is 16.5. The third-order valence-corrected chi connectivity index (χ3v) is 4.92. The quantitative estimate of drug-likeness (QED) is 0.686. The van der Waals surface area contributed by atoms with Crippen molar-refractivity contribution in [2.75, 3.05) is 13.2 Å². The summed E-state index contributed by atoms with van der Waals surface area (Å²) >= 11 is 0. The Kier molecular flexibility index (Phi) is 3.42. The number of rotatable bonds is 1. The molecule has 3 aliphatic rings. The fourth-order valence-electron chi connectivity index (χ4n) is 4.10. The van der Waals surface area contributed by atoms with E-state index in [1.807, 2.05) is 0 Å². The van der Waals surface area contributed by atoms with E-state index in [2.05, 4.69) is 5.32 Å². The third-order valence-electron chi connectivity index (χ3n) is 4.92. The molecule has 0 amide bonds. The van der Waals surface area contributed by atoms with Gasteiger partial charge >= 0.3 is 0 Å². The first kappa shape index (κ1) is 11.9. The summed E-state index contributed by atoms with van der Waals surface area (Å²) in [6.45, 7) is 1.57. The predicted octanol–water partition coefficient (Wildman–Crippen LogP) is 1.84. The van der Waals surface area contributed by atoms with Gasteiger partial charge in [-0.25, -0.2) is 0 Å². The number of piperidine rings is 1. The Morgan fingerprint density at radius 2 is 1.53 bits per heavy atom. The van der Waals surface area contributed by atoms with Crippen molar-refractivity contribution in [3.63, 3.8) is 0 Å². The van der Waals surface area contributed by atoms with E-state index in [1.165, 1.54) is 38.5 Å². The van der Waals surface area contributed by atoms with Gasteiger partial charge in [-0.15, -0.1) is 0 Å². The number of fused-ring (bicyclic) bond motifs is 2. The highest BCUT2D eigenvalue weighted by Gasteiger charge is 2.45. The van der Waals surface area contributed by atoms with E-state index in [0.29, 0.717) is 18.0 Å². The van der Waals surface area contributed by atoms with Gasteiger partial charge in [0.05, 0.1) is 18.8 Å². The van der Waals surface area contributed by atoms with Gasteiger partial charge in [0.2, 0.25) is 0 Å². The SMILES string of the molecule is OC1(C2CCCCCC2)CC2COCC(C1)N2. The van der Waals surface area contributed by atoms with Gasteiger partial charge in [-0.3, -0.25) is 0 Å². The predicted molar refractivity (Wildman–Crippen MR) is 66.9 cm³/mol. The molecule has 3 heteroatoms. The summed E-state index contributed by atoms with van der Waals surface area (Å²) in [5, 5.41) is 14.6. The number of ether oxygens (including phenoxy) is 1. The molecule has 2 saturated heterocycles. The van der Waals surface area contributed by atoms with Crippen LogP contribution in [0, 0.1) is 5.92 Å². The molecule has 98 valence electrons. The molecule has 0 aromatic heterocycles. The van der Waals surface area contributed by atoms with Crippen molar-refractivity contribution in [3.05, 3.63) is 0 Å². The summed E-state index contributed by atoms with van der Waals surface area (Å²) in [5.74, 6) is 0.537. The topological polar surface area (TPSA) is 41.5 Å². The molecule has 0 aromatic rings. The number of hydrogen-bond donors (Lipinski definition) is 2. The fourth-order valence-corrected chi connectivity index (χ4v) is 4.10. The Bertz CT molecular complexity index is 249. The van der Waals surface area contributed by atoms with Gasteiger partial charge in [0.1, 0.15) is 0 Å². The van der Waals surface area contributed by atoms with Crippen molar-refractivity contribution in [3.8, 4) is 0 Å². The lowest BCUT2D eigenvalue weighted by molar-refractivity contribution is -0.110. The maximum absolute atomic E-state index is 11.0. The highest BCUT2D eigenvalue weighted by molar-refractivity contribution is 5.00. The number of aliphatic hydroxyl groups is 1. The summed E-state index contributed by atoms with van der Waals surface area (Å²) in [7, 11) is 0. The molecule has 0 spiro atoms. The lowest BCUT2D eigenvalue weighted by Crippen LogP contribution is -2.61. The summed E-state index contributed by atoms with van der Waals surface area (Å²) in [6, 6.07) is 0.770. The van der Waals surface area contributed by atoms with Gasteiger partial charge in [-0.1, -0.05) is 25.7 Å². The van der Waals surface area contributed by atoms with Crippen LogP contribution in [-0.2, 0) is 4.74 Å². The number of hydrogen-bond acceptors (Lipinski definition) is 3. The Morgan fingerprint density at radius 3 is 2.12 bits per heavy atom. The van der Waals surface area contributed by atoms with E-state index in [9.17, 15) is 5.11 Å². The standard InChI is InChI=1S/C14H25NO2/c16-14(11-5-3-1-2-4-6-11)7-12-9-17-10-13(8-14)15-12/h11-13,15-16H,1-10H2. The van der Waals surface area contributed by atoms with E-state index in [0.717, 1.165) is 26.1 Å². The molecule has 17 heavy (non-hydrogen) atoms. The van der Waals surface area contributed by atoms with Crippen LogP contribution in [-0.4, -0.2) is 36.0 Å². The lowest BCUT2D eigenvalue weighted by atomic mass is 9.71. The summed E-state index contributed by atoms with van der Waals surface area (Å²) in [5.41, 5.74) is -0.408. The molecule has 2 aliphatic heterocycles. The maximum Gasteiger partial charge on any atom is 0.0707 e. The minimum absolute atomic E-state index is 0.385. The largest absolute Gasteiger partial charge is 0.389 e. The van der Waals surface area contributed by atoms with Crippen LogP contribution in [0.15, 0.2) is 0 Å². The number of nitrogens with one attached hydrogen (secondary N) is 1. The molecule has 1 aliphatic carbocycles. The molecule has 3 nitrogen and oxygen atoms in total. The average molecular weight is 239 g/mol. The third kappa shape index (κ3) is 2.51. The van der Waals surface area contributed by atoms with Crippen LogP contribution in [0.3, 0.4) is 0 Å². The van der Waals surface area contributed by atoms with Crippen molar-refractivity contribution in [2.45, 2.75) is 69.1 Å². The van der Waals surface area contributed by atoms with Crippen LogP contribution < -0.4 is 5.32 Å². The Balaban J connectivity index is 1.70. The summed E-state index contributed by atoms with van der Waals surface area (Å²) in [6.07, 6.45) is 9.61. The molecule has 2 atom stereocenters. The fraction of sp³-hybridized carbons (Fsp3) is 1.00. The van der Waals surface area contributed by atoms with Crippen LogP contribution in [0.25, 0.3) is 0 Å². The monoisotopic (exact) mass is 239 g/mol. The van der Waals surface area contributed by atoms with Gasteiger partial charge in [-0.05, 0) is 31.6 Å². The van der Waals surface area contributed by atoms with E-state index >= 15 is 0 Å². The molecule has 3 fully saturated rings. The zero-order valence-electron chi connectivity index (χ0n) is 10.7. The molecule has 3 rings (SSSR count). The van der Waals surface area contributed by atoms with Gasteiger partial charge in [0, 0.05) is 12.1 Å². The van der Waals surface area contributed by atoms with Crippen molar-refractivity contribution < 1.29 is 9.84 Å². The minimum atomic E-state index is -0.408. The van der Waals surface area contributed by atoms with E-state index < -0.39 is 5.60 Å². The molecule has 2 heterocycles. The van der Waals surface area contributed by atoms with Gasteiger partial charge in [0.25, 0.3) is 0 Å². The Morgan fingerprint density at radius 1 is 0.941 bits per heavy atom. The number of morpholine rings is 1. The van der Waals surface area contributed by atoms with Crippen LogP contribution in [0.2, 0.25) is 0 Å². The zero-order valence-corrected chi connectivity index (χ0v) is 10.7.